The molecular weight excluding hydrogens is 314 g/mol. The van der Waals surface area contributed by atoms with Crippen LogP contribution in [0.1, 0.15) is 54.9 Å². The van der Waals surface area contributed by atoms with Gasteiger partial charge in [0.25, 0.3) is 0 Å². The van der Waals surface area contributed by atoms with Crippen LogP contribution >= 0.6 is 0 Å². The Balaban J connectivity index is 1.79. The highest BCUT2D eigenvalue weighted by atomic mass is 16.4. The van der Waals surface area contributed by atoms with Crippen LogP contribution in [0.5, 0.6) is 5.75 Å². The number of nitrogens with zero attached hydrogens (tertiary/aromatic N) is 1. The topological polar surface area (TPSA) is 53.7 Å². The van der Waals surface area contributed by atoms with E-state index in [1.54, 1.807) is 0 Å². The largest absolute Gasteiger partial charge is 0.507 e. The maximum atomic E-state index is 12.3. The van der Waals surface area contributed by atoms with Gasteiger partial charge in [0.05, 0.1) is 0 Å². The zero-order valence-electron chi connectivity index (χ0n) is 15.2. The molecule has 0 amide bonds. The van der Waals surface area contributed by atoms with Gasteiger partial charge < -0.3 is 9.52 Å². The maximum absolute atomic E-state index is 12.3. The average molecular weight is 341 g/mol. The van der Waals surface area contributed by atoms with Crippen LogP contribution < -0.4 is 5.63 Å². The number of benzene rings is 1. The van der Waals surface area contributed by atoms with Gasteiger partial charge in [-0.25, -0.2) is 4.79 Å². The third-order valence-electron chi connectivity index (χ3n) is 6.07. The first-order valence-electron chi connectivity index (χ1n) is 9.57. The van der Waals surface area contributed by atoms with Crippen molar-refractivity contribution in [2.45, 2.75) is 58.9 Å². The Hall–Kier alpha value is -1.81. The number of piperidine rings is 1. The monoisotopic (exact) mass is 341 g/mol. The summed E-state index contributed by atoms with van der Waals surface area (Å²) in [5.74, 6) is 1.08. The van der Waals surface area contributed by atoms with Crippen LogP contribution in [0.2, 0.25) is 0 Å². The number of fused-ring (bicyclic) bond motifs is 3. The molecule has 4 rings (SSSR count). The highest BCUT2D eigenvalue weighted by Crippen LogP contribution is 2.35. The van der Waals surface area contributed by atoms with Crippen molar-refractivity contribution in [2.75, 3.05) is 13.1 Å². The molecule has 4 nitrogen and oxygen atoms in total. The molecule has 1 aliphatic carbocycles. The van der Waals surface area contributed by atoms with Gasteiger partial charge in [0.1, 0.15) is 11.3 Å². The molecule has 0 atom stereocenters. The molecule has 1 aromatic heterocycles. The molecule has 134 valence electrons. The molecule has 1 saturated heterocycles. The summed E-state index contributed by atoms with van der Waals surface area (Å²) in [6, 6.07) is 2.07. The van der Waals surface area contributed by atoms with E-state index >= 15 is 0 Å². The lowest BCUT2D eigenvalue weighted by Crippen LogP contribution is -2.32. The molecule has 4 heteroatoms. The molecule has 0 radical (unpaired) electrons. The van der Waals surface area contributed by atoms with E-state index in [2.05, 4.69) is 17.9 Å². The van der Waals surface area contributed by atoms with Crippen LogP contribution in [0, 0.1) is 12.8 Å². The molecule has 1 N–H and O–H groups in total. The molecule has 2 aliphatic rings. The lowest BCUT2D eigenvalue weighted by molar-refractivity contribution is 0.183. The van der Waals surface area contributed by atoms with Crippen LogP contribution in [0.4, 0.5) is 0 Å². The Morgan fingerprint density at radius 1 is 1.20 bits per heavy atom. The number of phenols is 1. The number of likely N-dealkylation sites (tertiary alicyclic amines) is 1. The molecule has 2 aromatic rings. The number of hydrogen-bond donors (Lipinski definition) is 1. The van der Waals surface area contributed by atoms with Gasteiger partial charge >= 0.3 is 5.63 Å². The Morgan fingerprint density at radius 2 is 1.88 bits per heavy atom. The van der Waals surface area contributed by atoms with Crippen molar-refractivity contribution in [1.29, 1.82) is 0 Å². The zero-order chi connectivity index (χ0) is 17.6. The van der Waals surface area contributed by atoms with Gasteiger partial charge in [-0.2, -0.15) is 0 Å². The van der Waals surface area contributed by atoms with Crippen LogP contribution in [0.3, 0.4) is 0 Å². The van der Waals surface area contributed by atoms with Crippen molar-refractivity contribution in [3.8, 4) is 5.75 Å². The normalized spacial score (nSPS) is 19.3. The fourth-order valence-corrected chi connectivity index (χ4v) is 4.38. The van der Waals surface area contributed by atoms with Gasteiger partial charge in [-0.1, -0.05) is 6.92 Å². The molecular formula is C21H27NO3. The van der Waals surface area contributed by atoms with Crippen LogP contribution in [-0.4, -0.2) is 23.1 Å². The molecule has 0 unspecified atom stereocenters. The fourth-order valence-electron chi connectivity index (χ4n) is 4.38. The summed E-state index contributed by atoms with van der Waals surface area (Å²) in [4.78, 5) is 14.7. The van der Waals surface area contributed by atoms with E-state index < -0.39 is 0 Å². The molecule has 0 bridgehead atoms. The van der Waals surface area contributed by atoms with Crippen LogP contribution in [0.25, 0.3) is 11.0 Å². The lowest BCUT2D eigenvalue weighted by Gasteiger charge is -2.30. The third kappa shape index (κ3) is 2.97. The summed E-state index contributed by atoms with van der Waals surface area (Å²) < 4.78 is 5.60. The van der Waals surface area contributed by atoms with Crippen molar-refractivity contribution >= 4 is 11.0 Å². The molecule has 25 heavy (non-hydrogen) atoms. The zero-order valence-corrected chi connectivity index (χ0v) is 15.2. The molecule has 1 aromatic carbocycles. The number of hydrogen-bond acceptors (Lipinski definition) is 4. The van der Waals surface area contributed by atoms with Crippen LogP contribution in [0.15, 0.2) is 15.3 Å². The number of rotatable bonds is 2. The highest BCUT2D eigenvalue weighted by molar-refractivity contribution is 5.87. The quantitative estimate of drug-likeness (QED) is 0.841. The first-order chi connectivity index (χ1) is 12.0. The first kappa shape index (κ1) is 16.6. The van der Waals surface area contributed by atoms with E-state index in [0.29, 0.717) is 11.1 Å². The lowest BCUT2D eigenvalue weighted by atomic mass is 9.89. The van der Waals surface area contributed by atoms with Gasteiger partial charge in [0.2, 0.25) is 0 Å². The SMILES string of the molecule is Cc1c(O)c(CN2CCC(C)CC2)cc2c3c(c(=O)oc12)CCCC3. The first-order valence-corrected chi connectivity index (χ1v) is 9.57. The Morgan fingerprint density at radius 3 is 2.60 bits per heavy atom. The second-order valence-corrected chi connectivity index (χ2v) is 7.90. The van der Waals surface area contributed by atoms with Crippen molar-refractivity contribution < 1.29 is 9.52 Å². The average Bonchev–Trinajstić information content (AvgIpc) is 2.62. The maximum Gasteiger partial charge on any atom is 0.339 e. The third-order valence-corrected chi connectivity index (χ3v) is 6.07. The van der Waals surface area contributed by atoms with Gasteiger partial charge in [0, 0.05) is 28.6 Å². The van der Waals surface area contributed by atoms with E-state index in [4.69, 9.17) is 4.42 Å². The fraction of sp³-hybridized carbons (Fsp3) is 0.571. The Bertz CT molecular complexity index is 860. The van der Waals surface area contributed by atoms with Crippen molar-refractivity contribution in [2.24, 2.45) is 5.92 Å². The minimum absolute atomic E-state index is 0.220. The minimum Gasteiger partial charge on any atom is -0.507 e. The number of phenolic OH excluding ortho intramolecular Hbond substituents is 1. The number of aryl methyl sites for hydroxylation is 2. The Kier molecular flexibility index (Phi) is 4.32. The van der Waals surface area contributed by atoms with Gasteiger partial charge in [0.15, 0.2) is 0 Å². The number of aromatic hydroxyl groups is 1. The van der Waals surface area contributed by atoms with Crippen LogP contribution in [-0.2, 0) is 19.4 Å². The van der Waals surface area contributed by atoms with Gasteiger partial charge in [-0.05, 0) is 76.1 Å². The van der Waals surface area contributed by atoms with Crippen molar-refractivity contribution in [3.05, 3.63) is 38.7 Å². The van der Waals surface area contributed by atoms with Gasteiger partial charge in [-0.3, -0.25) is 4.90 Å². The van der Waals surface area contributed by atoms with E-state index in [1.165, 1.54) is 12.8 Å². The van der Waals surface area contributed by atoms with Crippen molar-refractivity contribution in [1.82, 2.24) is 4.90 Å². The summed E-state index contributed by atoms with van der Waals surface area (Å²) in [5.41, 5.74) is 4.00. The molecule has 0 spiro atoms. The van der Waals surface area contributed by atoms with E-state index in [1.807, 2.05) is 6.92 Å². The second kappa shape index (κ2) is 6.49. The molecule has 1 fully saturated rings. The van der Waals surface area contributed by atoms with E-state index in [9.17, 15) is 9.90 Å². The molecule has 2 heterocycles. The predicted molar refractivity (Wildman–Crippen MR) is 99.2 cm³/mol. The van der Waals surface area contributed by atoms with E-state index in [0.717, 1.165) is 73.3 Å². The minimum atomic E-state index is -0.220. The summed E-state index contributed by atoms with van der Waals surface area (Å²) in [6.07, 6.45) is 6.36. The standard InChI is InChI=1S/C21H27NO3/c1-13-7-9-22(10-8-13)12-15-11-18-16-5-3-4-6-17(16)21(24)25-20(18)14(2)19(15)23/h11,13,23H,3-10,12H2,1-2H3. The molecule has 0 saturated carbocycles. The molecule has 1 aliphatic heterocycles. The Labute approximate surface area is 148 Å². The smallest absolute Gasteiger partial charge is 0.339 e. The van der Waals surface area contributed by atoms with Crippen molar-refractivity contribution in [3.63, 3.8) is 0 Å². The van der Waals surface area contributed by atoms with Gasteiger partial charge in [-0.15, -0.1) is 0 Å². The highest BCUT2D eigenvalue weighted by Gasteiger charge is 2.23. The summed E-state index contributed by atoms with van der Waals surface area (Å²) in [6.45, 7) is 7.10. The summed E-state index contributed by atoms with van der Waals surface area (Å²) in [5, 5.41) is 11.7. The summed E-state index contributed by atoms with van der Waals surface area (Å²) >= 11 is 0. The van der Waals surface area contributed by atoms with E-state index in [-0.39, 0.29) is 11.4 Å². The second-order valence-electron chi connectivity index (χ2n) is 7.90. The summed E-state index contributed by atoms with van der Waals surface area (Å²) in [7, 11) is 0. The predicted octanol–water partition coefficient (Wildman–Crippen LogP) is 3.92.